The maximum atomic E-state index is 13.7. The van der Waals surface area contributed by atoms with Crippen LogP contribution in [0.3, 0.4) is 0 Å². The number of ether oxygens (including phenoxy) is 3. The number of aliphatic imine (C=N–C) groups is 1. The zero-order valence-corrected chi connectivity index (χ0v) is 35.1. The molecule has 2 aliphatic heterocycles. The topological polar surface area (TPSA) is 156 Å². The molecule has 0 aromatic heterocycles. The minimum Gasteiger partial charge on any atom is -0.508 e. The summed E-state index contributed by atoms with van der Waals surface area (Å²) < 4.78 is 18.2. The summed E-state index contributed by atoms with van der Waals surface area (Å²) in [7, 11) is 3.26. The Morgan fingerprint density at radius 2 is 1.82 bits per heavy atom. The Morgan fingerprint density at radius 3 is 2.62 bits per heavy atom. The fourth-order valence-electron chi connectivity index (χ4n) is 8.31. The molecule has 0 saturated heterocycles. The van der Waals surface area contributed by atoms with Crippen LogP contribution in [0.5, 0.6) is 17.2 Å². The number of phenolic OH excluding ortho intramolecular Hbond substituents is 1. The number of allylic oxidation sites excluding steroid dienone is 3. The fraction of sp³-hybridized carbons (Fsp3) is 0.400. The monoisotopic (exact) mass is 813 g/mol. The van der Waals surface area contributed by atoms with E-state index < -0.39 is 6.10 Å². The second-order valence-corrected chi connectivity index (χ2v) is 15.8. The van der Waals surface area contributed by atoms with E-state index in [2.05, 4.69) is 53.5 Å². The Bertz CT molecular complexity index is 2280. The zero-order chi connectivity index (χ0) is 42.4. The van der Waals surface area contributed by atoms with Crippen molar-refractivity contribution >= 4 is 28.2 Å². The van der Waals surface area contributed by atoms with Crippen LogP contribution in [-0.2, 0) is 41.8 Å². The molecule has 7 rings (SSSR count). The van der Waals surface area contributed by atoms with Gasteiger partial charge in [0.05, 0.1) is 7.11 Å². The molecule has 3 atom stereocenters. The molecular formula is C50H59N3O7. The van der Waals surface area contributed by atoms with Crippen LogP contribution in [0.15, 0.2) is 95.2 Å². The predicted octanol–water partition coefficient (Wildman–Crippen LogP) is 9.04. The molecule has 0 unspecified atom stereocenters. The summed E-state index contributed by atoms with van der Waals surface area (Å²) in [5.74, 6) is 5.18. The molecular weight excluding hydrogens is 755 g/mol. The van der Waals surface area contributed by atoms with Gasteiger partial charge >= 0.3 is 0 Å². The summed E-state index contributed by atoms with van der Waals surface area (Å²) in [6.45, 7) is 2.44. The number of Topliss-reactive ketones (excluding diaryl/α,β-unsaturated/α-hetero) is 1. The van der Waals surface area contributed by atoms with Gasteiger partial charge in [0.2, 0.25) is 0 Å². The van der Waals surface area contributed by atoms with Crippen molar-refractivity contribution in [2.75, 3.05) is 26.1 Å². The van der Waals surface area contributed by atoms with Crippen molar-refractivity contribution in [1.82, 2.24) is 0 Å². The highest BCUT2D eigenvalue weighted by Crippen LogP contribution is 2.37. The minimum atomic E-state index is -0.532. The normalized spacial score (nSPS) is 18.6. The summed E-state index contributed by atoms with van der Waals surface area (Å²) in [4.78, 5) is 17.7. The number of fused-ring (bicyclic) bond motifs is 9. The number of carbonyl (C=O) groups excluding carboxylic acids is 1. The SMILES string of the molecule is CCc1cc(O)c2c3ccc(cc13)COc1cc(ccc1OC)CCC(=O)C[C@H](C[C@@H]1C=C(O)C(CCCO)=C[C@@H]1CCCCc1cccc(NC(N)=NC)c1)OC#CC2. The van der Waals surface area contributed by atoms with Gasteiger partial charge in [0.15, 0.2) is 17.5 Å². The number of carbonyl (C=O) groups is 1. The van der Waals surface area contributed by atoms with E-state index in [1.54, 1.807) is 14.2 Å². The highest BCUT2D eigenvalue weighted by molar-refractivity contribution is 5.92. The molecule has 4 aromatic carbocycles. The summed E-state index contributed by atoms with van der Waals surface area (Å²) in [6.07, 6.45) is 13.8. The zero-order valence-electron chi connectivity index (χ0n) is 35.1. The number of ketones is 1. The lowest BCUT2D eigenvalue weighted by molar-refractivity contribution is -0.121. The van der Waals surface area contributed by atoms with Crippen molar-refractivity contribution in [1.29, 1.82) is 0 Å². The number of nitrogens with zero attached hydrogens (tertiary/aromatic N) is 1. The van der Waals surface area contributed by atoms with Crippen LogP contribution in [0.1, 0.15) is 86.1 Å². The van der Waals surface area contributed by atoms with E-state index >= 15 is 0 Å². The van der Waals surface area contributed by atoms with Crippen molar-refractivity contribution in [2.45, 2.75) is 96.7 Å². The minimum absolute atomic E-state index is 0.0430. The number of benzene rings is 4. The highest BCUT2D eigenvalue weighted by Gasteiger charge is 2.29. The largest absolute Gasteiger partial charge is 0.508 e. The quantitative estimate of drug-likeness (QED) is 0.0385. The van der Waals surface area contributed by atoms with E-state index in [0.717, 1.165) is 70.8 Å². The van der Waals surface area contributed by atoms with Crippen LogP contribution < -0.4 is 20.5 Å². The van der Waals surface area contributed by atoms with Crippen LogP contribution >= 0.6 is 0 Å². The molecule has 4 aromatic rings. The molecule has 60 heavy (non-hydrogen) atoms. The molecule has 0 amide bonds. The first-order valence-electron chi connectivity index (χ1n) is 21.2. The molecule has 10 nitrogen and oxygen atoms in total. The second kappa shape index (κ2) is 21.4. The van der Waals surface area contributed by atoms with Gasteiger partial charge in [0.25, 0.3) is 0 Å². The molecule has 6 bridgehead atoms. The second-order valence-electron chi connectivity index (χ2n) is 15.8. The van der Waals surface area contributed by atoms with Crippen LogP contribution in [0.2, 0.25) is 0 Å². The summed E-state index contributed by atoms with van der Waals surface area (Å²) in [5, 5.41) is 37.0. The van der Waals surface area contributed by atoms with Crippen molar-refractivity contribution < 1.29 is 34.3 Å². The van der Waals surface area contributed by atoms with Crippen LogP contribution in [0.25, 0.3) is 10.8 Å². The number of nitrogens with two attached hydrogens (primary N) is 1. The van der Waals surface area contributed by atoms with Crippen molar-refractivity contribution in [3.8, 4) is 29.3 Å². The number of hydrogen-bond acceptors (Lipinski definition) is 8. The van der Waals surface area contributed by atoms with Crippen molar-refractivity contribution in [2.24, 2.45) is 22.6 Å². The molecule has 0 radical (unpaired) electrons. The molecule has 0 spiro atoms. The molecule has 10 heteroatoms. The van der Waals surface area contributed by atoms with Gasteiger partial charge in [-0.2, -0.15) is 0 Å². The van der Waals surface area contributed by atoms with Crippen molar-refractivity contribution in [3.05, 3.63) is 118 Å². The van der Waals surface area contributed by atoms with E-state index in [4.69, 9.17) is 19.9 Å². The third-order valence-corrected chi connectivity index (χ3v) is 11.6. The third-order valence-electron chi connectivity index (χ3n) is 11.6. The number of rotatable bonds is 13. The Hall–Kier alpha value is -5.92. The van der Waals surface area contributed by atoms with Crippen LogP contribution in [0, 0.1) is 23.9 Å². The van der Waals surface area contributed by atoms with Crippen LogP contribution in [-0.4, -0.2) is 53.9 Å². The predicted molar refractivity (Wildman–Crippen MR) is 238 cm³/mol. The number of guanidine groups is 1. The number of methoxy groups -OCH3 is 1. The van der Waals surface area contributed by atoms with Gasteiger partial charge in [-0.3, -0.25) is 9.79 Å². The van der Waals surface area contributed by atoms with Gasteiger partial charge in [-0.15, -0.1) is 0 Å². The number of aromatic hydroxyl groups is 1. The first-order valence-corrected chi connectivity index (χ1v) is 21.2. The van der Waals surface area contributed by atoms with E-state index in [1.807, 2.05) is 54.6 Å². The Labute approximate surface area is 354 Å². The first kappa shape index (κ1) is 43.7. The number of aliphatic hydroxyl groups is 2. The van der Waals surface area contributed by atoms with Gasteiger partial charge in [-0.05, 0) is 144 Å². The number of aryl methyl sites for hydroxylation is 3. The highest BCUT2D eigenvalue weighted by atomic mass is 16.5. The Balaban J connectivity index is 1.24. The molecule has 1 aliphatic carbocycles. The molecule has 6 N–H and O–H groups in total. The number of nitrogens with one attached hydrogen (secondary N) is 1. The van der Waals surface area contributed by atoms with E-state index in [-0.39, 0.29) is 48.6 Å². The summed E-state index contributed by atoms with van der Waals surface area (Å²) in [6, 6.07) is 21.9. The average Bonchev–Trinajstić information content (AvgIpc) is 3.25. The smallest absolute Gasteiger partial charge is 0.192 e. The Morgan fingerprint density at radius 1 is 0.967 bits per heavy atom. The molecule has 0 fully saturated rings. The molecule has 0 saturated carbocycles. The molecule has 316 valence electrons. The molecule has 2 heterocycles. The number of aliphatic hydroxyl groups excluding tert-OH is 2. The van der Waals surface area contributed by atoms with E-state index in [0.29, 0.717) is 61.7 Å². The number of hydrogen-bond donors (Lipinski definition) is 5. The third kappa shape index (κ3) is 11.6. The number of phenols is 1. The molecule has 3 aliphatic rings. The Kier molecular flexibility index (Phi) is 15.5. The van der Waals surface area contributed by atoms with Gasteiger partial charge in [-0.25, -0.2) is 0 Å². The summed E-state index contributed by atoms with van der Waals surface area (Å²) in [5.41, 5.74) is 12.5. The number of anilines is 1. The average molecular weight is 814 g/mol. The van der Waals surface area contributed by atoms with Gasteiger partial charge in [0.1, 0.15) is 36.1 Å². The van der Waals surface area contributed by atoms with E-state index in [9.17, 15) is 20.1 Å². The van der Waals surface area contributed by atoms with Gasteiger partial charge in [-0.1, -0.05) is 55.7 Å². The standard InChI is InChI=1S/C50H59N3O7/c1-4-36-29-47(57)44-15-9-23-59-42(31-41(55)19-16-34-18-21-48(58-3)49(26-34)60-32-35-17-20-43(44)45(36)25-35)28-39-30-46(56)38(13-8-22-54)27-37(39)12-6-5-10-33-11-7-14-40(24-33)53-50(51)52-2/h7,11,14,17-18,20-21,24-27,29-30,37,39,42,54,56-57H,4-6,8,10,12-13,15-16,19,22,28,31-32H2,1-3H3,(H3,51,52,53)/t37-,39+,42-/m0/s1. The van der Waals surface area contributed by atoms with Gasteiger partial charge in [0, 0.05) is 44.2 Å². The fourth-order valence-corrected chi connectivity index (χ4v) is 8.31. The maximum absolute atomic E-state index is 13.7. The first-order chi connectivity index (χ1) is 29.2. The van der Waals surface area contributed by atoms with Gasteiger partial charge < -0.3 is 40.6 Å². The number of unbranched alkanes of at least 4 members (excludes halogenated alkanes) is 1. The summed E-state index contributed by atoms with van der Waals surface area (Å²) >= 11 is 0. The lowest BCUT2D eigenvalue weighted by Crippen LogP contribution is -2.25. The maximum Gasteiger partial charge on any atom is 0.192 e. The lowest BCUT2D eigenvalue weighted by Gasteiger charge is -2.30. The van der Waals surface area contributed by atoms with Crippen LogP contribution in [0.4, 0.5) is 5.69 Å². The lowest BCUT2D eigenvalue weighted by atomic mass is 9.77. The van der Waals surface area contributed by atoms with E-state index in [1.165, 1.54) is 5.56 Å². The van der Waals surface area contributed by atoms with Crippen molar-refractivity contribution in [3.63, 3.8) is 0 Å².